The fraction of sp³-hybridized carbons (Fsp3) is 0.167. The average molecular weight is 240 g/mol. The van der Waals surface area contributed by atoms with E-state index in [1.54, 1.807) is 4.98 Å². The lowest BCUT2D eigenvalue weighted by Crippen LogP contribution is -2.21. The molecule has 4 N–H and O–H groups in total. The van der Waals surface area contributed by atoms with Crippen LogP contribution < -0.4 is 10.7 Å². The van der Waals surface area contributed by atoms with Gasteiger partial charge in [-0.05, 0) is 6.07 Å². The molecule has 1 heterocycles. The molecule has 0 aliphatic heterocycles. The normalized spacial score (nSPS) is 12.0. The topological polar surface area (TPSA) is 113 Å². The number of halogens is 2. The van der Waals surface area contributed by atoms with E-state index in [9.17, 15) is 22.0 Å². The van der Waals surface area contributed by atoms with E-state index in [2.05, 4.69) is 5.14 Å². The minimum absolute atomic E-state index is 0.364. The van der Waals surface area contributed by atoms with Crippen molar-refractivity contribution in [2.75, 3.05) is 0 Å². The Morgan fingerprint density at radius 1 is 1.47 bits per heavy atom. The highest BCUT2D eigenvalue weighted by Gasteiger charge is 2.23. The van der Waals surface area contributed by atoms with Crippen LogP contribution in [0.5, 0.6) is 5.75 Å². The molecule has 0 spiro atoms. The molecule has 0 saturated heterocycles. The zero-order chi connectivity index (χ0) is 11.8. The minimum atomic E-state index is -4.46. The van der Waals surface area contributed by atoms with Gasteiger partial charge in [0.15, 0.2) is 10.8 Å². The highest BCUT2D eigenvalue weighted by Crippen LogP contribution is 2.25. The summed E-state index contributed by atoms with van der Waals surface area (Å²) in [5, 5.41) is 12.3. The SMILES string of the molecule is NS(=O)(=O)c1[nH]c(=O)c(O)cc1C(F)F. The number of aromatic nitrogens is 1. The maximum atomic E-state index is 12.3. The molecular formula is C6H6F2N2O4S. The molecule has 0 amide bonds. The molecular weight excluding hydrogens is 234 g/mol. The van der Waals surface area contributed by atoms with E-state index in [-0.39, 0.29) is 0 Å². The molecule has 84 valence electrons. The summed E-state index contributed by atoms with van der Waals surface area (Å²) >= 11 is 0. The van der Waals surface area contributed by atoms with Crippen molar-refractivity contribution in [3.63, 3.8) is 0 Å². The number of rotatable bonds is 2. The number of primary sulfonamides is 1. The lowest BCUT2D eigenvalue weighted by molar-refractivity contribution is 0.146. The number of nitrogens with two attached hydrogens (primary N) is 1. The Kier molecular flexibility index (Phi) is 2.77. The van der Waals surface area contributed by atoms with Crippen molar-refractivity contribution in [2.45, 2.75) is 11.5 Å². The van der Waals surface area contributed by atoms with Crippen LogP contribution in [0.3, 0.4) is 0 Å². The quantitative estimate of drug-likeness (QED) is 0.656. The van der Waals surface area contributed by atoms with Gasteiger partial charge < -0.3 is 10.1 Å². The molecule has 9 heteroatoms. The van der Waals surface area contributed by atoms with E-state index in [0.717, 1.165) is 0 Å². The molecule has 0 fully saturated rings. The molecule has 0 saturated carbocycles. The summed E-state index contributed by atoms with van der Waals surface area (Å²) in [4.78, 5) is 12.4. The Morgan fingerprint density at radius 3 is 2.40 bits per heavy atom. The van der Waals surface area contributed by atoms with Crippen LogP contribution in [0.1, 0.15) is 12.0 Å². The lowest BCUT2D eigenvalue weighted by atomic mass is 10.3. The Morgan fingerprint density at radius 2 is 2.00 bits per heavy atom. The third-order valence-corrected chi connectivity index (χ3v) is 2.44. The summed E-state index contributed by atoms with van der Waals surface area (Å²) in [6.07, 6.45) is -3.18. The average Bonchev–Trinajstić information content (AvgIpc) is 2.06. The number of alkyl halides is 2. The van der Waals surface area contributed by atoms with Gasteiger partial charge in [0.2, 0.25) is 0 Å². The van der Waals surface area contributed by atoms with Gasteiger partial charge in [-0.15, -0.1) is 0 Å². The van der Waals surface area contributed by atoms with Crippen molar-refractivity contribution in [2.24, 2.45) is 5.14 Å². The molecule has 0 radical (unpaired) electrons. The van der Waals surface area contributed by atoms with Crippen molar-refractivity contribution in [3.8, 4) is 5.75 Å². The highest BCUT2D eigenvalue weighted by atomic mass is 32.2. The van der Waals surface area contributed by atoms with Gasteiger partial charge in [0.25, 0.3) is 22.0 Å². The van der Waals surface area contributed by atoms with E-state index in [1.807, 2.05) is 0 Å². The number of nitrogens with one attached hydrogen (secondary N) is 1. The number of H-pyrrole nitrogens is 1. The van der Waals surface area contributed by atoms with Gasteiger partial charge in [-0.3, -0.25) is 4.79 Å². The van der Waals surface area contributed by atoms with Crippen LogP contribution in [0.25, 0.3) is 0 Å². The lowest BCUT2D eigenvalue weighted by Gasteiger charge is -2.06. The monoisotopic (exact) mass is 240 g/mol. The van der Waals surface area contributed by atoms with Crippen LogP contribution in [0.2, 0.25) is 0 Å². The maximum Gasteiger partial charge on any atom is 0.291 e. The largest absolute Gasteiger partial charge is 0.503 e. The zero-order valence-corrected chi connectivity index (χ0v) is 7.88. The summed E-state index contributed by atoms with van der Waals surface area (Å²) in [5.41, 5.74) is -2.25. The third kappa shape index (κ3) is 2.30. The number of pyridine rings is 1. The fourth-order valence-corrected chi connectivity index (χ4v) is 1.63. The molecule has 6 nitrogen and oxygen atoms in total. The highest BCUT2D eigenvalue weighted by molar-refractivity contribution is 7.89. The van der Waals surface area contributed by atoms with Gasteiger partial charge in [-0.25, -0.2) is 22.3 Å². The molecule has 1 aromatic rings. The molecule has 0 aliphatic carbocycles. The number of aromatic hydroxyl groups is 1. The van der Waals surface area contributed by atoms with Gasteiger partial charge in [-0.1, -0.05) is 0 Å². The predicted molar refractivity (Wildman–Crippen MR) is 45.1 cm³/mol. The van der Waals surface area contributed by atoms with E-state index in [4.69, 9.17) is 5.11 Å². The maximum absolute atomic E-state index is 12.3. The Balaban J connectivity index is 3.64. The summed E-state index contributed by atoms with van der Waals surface area (Å²) in [7, 11) is -4.46. The molecule has 1 rings (SSSR count). The smallest absolute Gasteiger partial charge is 0.291 e. The first-order chi connectivity index (χ1) is 6.73. The second-order valence-electron chi connectivity index (χ2n) is 2.61. The number of aromatic amines is 1. The van der Waals surface area contributed by atoms with Gasteiger partial charge in [0.05, 0.1) is 5.56 Å². The zero-order valence-electron chi connectivity index (χ0n) is 7.07. The summed E-state index contributed by atoms with van der Waals surface area (Å²) in [6, 6.07) is 0.364. The van der Waals surface area contributed by atoms with Crippen LogP contribution in [0.4, 0.5) is 8.78 Å². The van der Waals surface area contributed by atoms with Gasteiger partial charge >= 0.3 is 0 Å². The fourth-order valence-electron chi connectivity index (χ4n) is 0.915. The Labute approximate surface area is 82.4 Å². The summed E-state index contributed by atoms with van der Waals surface area (Å²) in [6.45, 7) is 0. The first-order valence-electron chi connectivity index (χ1n) is 3.50. The summed E-state index contributed by atoms with van der Waals surface area (Å²) < 4.78 is 46.3. The Bertz CT molecular complexity index is 537. The second kappa shape index (κ2) is 3.59. The molecule has 1 aromatic heterocycles. The molecule has 0 aliphatic rings. The van der Waals surface area contributed by atoms with Crippen molar-refractivity contribution >= 4 is 10.0 Å². The van der Waals surface area contributed by atoms with E-state index < -0.39 is 38.3 Å². The number of sulfonamides is 1. The number of hydrogen-bond acceptors (Lipinski definition) is 4. The molecule has 0 aromatic carbocycles. The first kappa shape index (κ1) is 11.6. The molecule has 0 unspecified atom stereocenters. The molecule has 15 heavy (non-hydrogen) atoms. The van der Waals surface area contributed by atoms with Gasteiger partial charge in [0.1, 0.15) is 0 Å². The van der Waals surface area contributed by atoms with Crippen LogP contribution in [0.15, 0.2) is 15.9 Å². The van der Waals surface area contributed by atoms with Crippen LogP contribution >= 0.6 is 0 Å². The first-order valence-corrected chi connectivity index (χ1v) is 5.05. The van der Waals surface area contributed by atoms with E-state index in [0.29, 0.717) is 6.07 Å². The van der Waals surface area contributed by atoms with Crippen molar-refractivity contribution in [1.29, 1.82) is 0 Å². The van der Waals surface area contributed by atoms with Gasteiger partial charge in [-0.2, -0.15) is 0 Å². The van der Waals surface area contributed by atoms with Crippen molar-refractivity contribution in [1.82, 2.24) is 4.98 Å². The third-order valence-electron chi connectivity index (χ3n) is 1.53. The molecule has 0 atom stereocenters. The van der Waals surface area contributed by atoms with Crippen LogP contribution in [0, 0.1) is 0 Å². The van der Waals surface area contributed by atoms with Crippen molar-refractivity contribution < 1.29 is 22.3 Å². The van der Waals surface area contributed by atoms with Gasteiger partial charge in [0, 0.05) is 0 Å². The standard InChI is InChI=1S/C6H6F2N2O4S/c7-4(8)2-1-3(11)5(12)10-6(2)15(9,13)14/h1,4,11H,(H,10,12)(H2,9,13,14). The van der Waals surface area contributed by atoms with E-state index in [1.165, 1.54) is 0 Å². The number of hydrogen-bond donors (Lipinski definition) is 3. The van der Waals surface area contributed by atoms with E-state index >= 15 is 0 Å². The van der Waals surface area contributed by atoms with Crippen LogP contribution in [-0.2, 0) is 10.0 Å². The van der Waals surface area contributed by atoms with Crippen LogP contribution in [-0.4, -0.2) is 18.5 Å². The molecule has 0 bridgehead atoms. The Hall–Kier alpha value is -1.48. The van der Waals surface area contributed by atoms with Crippen molar-refractivity contribution in [3.05, 3.63) is 22.0 Å². The predicted octanol–water partition coefficient (Wildman–Crippen LogP) is -0.334. The summed E-state index contributed by atoms with van der Waals surface area (Å²) in [5.74, 6) is -1.00. The minimum Gasteiger partial charge on any atom is -0.503 e. The second-order valence-corrected chi connectivity index (χ2v) is 4.11.